The molecule has 1 atom stereocenters. The van der Waals surface area contributed by atoms with Crippen LogP contribution in [0.3, 0.4) is 0 Å². The summed E-state index contributed by atoms with van der Waals surface area (Å²) in [6.07, 6.45) is -3.76. The minimum absolute atomic E-state index is 0.200. The minimum atomic E-state index is -5.11. The summed E-state index contributed by atoms with van der Waals surface area (Å²) < 4.78 is 61.1. The molecule has 0 radical (unpaired) electrons. The van der Waals surface area contributed by atoms with E-state index in [4.69, 9.17) is 4.74 Å². The van der Waals surface area contributed by atoms with Gasteiger partial charge in [0.1, 0.15) is 17.3 Å². The zero-order valence-electron chi connectivity index (χ0n) is 15.1. The van der Waals surface area contributed by atoms with E-state index in [-0.39, 0.29) is 11.4 Å². The van der Waals surface area contributed by atoms with Crippen LogP contribution < -0.4 is 4.74 Å². The molecule has 0 fully saturated rings. The minimum Gasteiger partial charge on any atom is -0.496 e. The van der Waals surface area contributed by atoms with Crippen LogP contribution in [0.1, 0.15) is 18.1 Å². The van der Waals surface area contributed by atoms with Gasteiger partial charge in [0.05, 0.1) is 13.4 Å². The van der Waals surface area contributed by atoms with Crippen molar-refractivity contribution < 1.29 is 27.4 Å². The van der Waals surface area contributed by atoms with Gasteiger partial charge in [-0.1, -0.05) is 30.3 Å². The van der Waals surface area contributed by atoms with Gasteiger partial charge >= 0.3 is 6.18 Å². The fourth-order valence-electron chi connectivity index (χ4n) is 2.49. The van der Waals surface area contributed by atoms with E-state index < -0.39 is 28.7 Å². The summed E-state index contributed by atoms with van der Waals surface area (Å²) in [6.45, 7) is 2.47. The van der Waals surface area contributed by atoms with Crippen LogP contribution in [0.5, 0.6) is 5.75 Å². The highest BCUT2D eigenvalue weighted by Gasteiger charge is 2.57. The van der Waals surface area contributed by atoms with Crippen LogP contribution in [0.2, 0.25) is 0 Å². The lowest BCUT2D eigenvalue weighted by Crippen LogP contribution is -2.43. The van der Waals surface area contributed by atoms with Crippen LogP contribution in [0.4, 0.5) is 23.2 Å². The summed E-state index contributed by atoms with van der Waals surface area (Å²) in [6, 6.07) is 8.10. The number of benzene rings is 2. The summed E-state index contributed by atoms with van der Waals surface area (Å²) in [4.78, 5) is 5.59. The molecular formula is C19H20F4N2O2. The van der Waals surface area contributed by atoms with Crippen LogP contribution in [0.25, 0.3) is 0 Å². The Morgan fingerprint density at radius 3 is 2.33 bits per heavy atom. The van der Waals surface area contributed by atoms with Crippen LogP contribution in [0, 0.1) is 5.82 Å². The quantitative estimate of drug-likeness (QED) is 0.460. The molecule has 0 saturated heterocycles. The van der Waals surface area contributed by atoms with Crippen molar-refractivity contribution in [3.05, 3.63) is 59.4 Å². The molecule has 4 nitrogen and oxygen atoms in total. The molecule has 146 valence electrons. The van der Waals surface area contributed by atoms with Crippen LogP contribution >= 0.6 is 0 Å². The highest BCUT2D eigenvalue weighted by molar-refractivity contribution is 5.63. The van der Waals surface area contributed by atoms with Crippen LogP contribution in [-0.4, -0.2) is 43.2 Å². The summed E-state index contributed by atoms with van der Waals surface area (Å²) in [5, 5.41) is 10.7. The first-order valence-corrected chi connectivity index (χ1v) is 8.12. The Hall–Kier alpha value is -2.61. The van der Waals surface area contributed by atoms with Crippen LogP contribution in [-0.2, 0) is 5.60 Å². The topological polar surface area (TPSA) is 45.1 Å². The summed E-state index contributed by atoms with van der Waals surface area (Å²) in [5.74, 6) is -1.34. The molecule has 2 aromatic rings. The third-order valence-corrected chi connectivity index (χ3v) is 4.15. The normalized spacial score (nSPS) is 14.2. The van der Waals surface area contributed by atoms with Gasteiger partial charge in [0.2, 0.25) is 5.60 Å². The van der Waals surface area contributed by atoms with E-state index in [1.165, 1.54) is 24.5 Å². The number of nitrogens with zero attached hydrogens (tertiary/aromatic N) is 2. The van der Waals surface area contributed by atoms with Crippen LogP contribution in [0.15, 0.2) is 47.5 Å². The molecule has 0 spiro atoms. The number of ether oxygens (including phenoxy) is 1. The van der Waals surface area contributed by atoms with Crippen molar-refractivity contribution in [1.82, 2.24) is 4.90 Å². The SMILES string of the molecule is CCN(C)/C=N/c1cc(OC)c(C(O)(c2ccccc2)C(F)(F)F)cc1F. The average molecular weight is 384 g/mol. The zero-order valence-corrected chi connectivity index (χ0v) is 15.1. The lowest BCUT2D eigenvalue weighted by Gasteiger charge is -2.32. The molecule has 2 aromatic carbocycles. The monoisotopic (exact) mass is 384 g/mol. The largest absolute Gasteiger partial charge is 0.496 e. The van der Waals surface area contributed by atoms with Gasteiger partial charge in [0.25, 0.3) is 0 Å². The van der Waals surface area contributed by atoms with Gasteiger partial charge in [-0.25, -0.2) is 9.38 Å². The Morgan fingerprint density at radius 2 is 1.81 bits per heavy atom. The smallest absolute Gasteiger partial charge is 0.425 e. The highest BCUT2D eigenvalue weighted by Crippen LogP contribution is 2.48. The first kappa shape index (κ1) is 20.7. The Labute approximate surface area is 154 Å². The molecule has 27 heavy (non-hydrogen) atoms. The number of hydrogen-bond acceptors (Lipinski definition) is 3. The number of methoxy groups -OCH3 is 1. The molecule has 0 aliphatic rings. The predicted octanol–water partition coefficient (Wildman–Crippen LogP) is 4.24. The Morgan fingerprint density at radius 1 is 1.19 bits per heavy atom. The van der Waals surface area contributed by atoms with Crippen molar-refractivity contribution >= 4 is 12.0 Å². The lowest BCUT2D eigenvalue weighted by molar-refractivity contribution is -0.248. The predicted molar refractivity (Wildman–Crippen MR) is 94.9 cm³/mol. The molecule has 1 N–H and O–H groups in total. The average Bonchev–Trinajstić information content (AvgIpc) is 2.65. The first-order chi connectivity index (χ1) is 12.6. The summed E-state index contributed by atoms with van der Waals surface area (Å²) >= 11 is 0. The summed E-state index contributed by atoms with van der Waals surface area (Å²) in [7, 11) is 2.86. The fraction of sp³-hybridized carbons (Fsp3) is 0.316. The second kappa shape index (κ2) is 7.96. The third kappa shape index (κ3) is 4.05. The zero-order chi connectivity index (χ0) is 20.2. The van der Waals surface area contributed by atoms with E-state index in [0.717, 1.165) is 25.3 Å². The van der Waals surface area contributed by atoms with E-state index in [9.17, 15) is 22.7 Å². The standard InChI is InChI=1S/C19H20F4N2O2/c1-4-25(2)12-24-16-11-17(27-3)14(10-15(16)20)18(26,19(21,22)23)13-8-6-5-7-9-13/h5-12,26H,4H2,1-3H3/b24-12+. The van der Waals surface area contributed by atoms with Gasteiger partial charge in [-0.3, -0.25) is 0 Å². The maximum Gasteiger partial charge on any atom is 0.425 e. The number of alkyl halides is 3. The molecule has 2 rings (SSSR count). The molecule has 0 heterocycles. The molecule has 8 heteroatoms. The molecule has 0 aliphatic carbocycles. The molecule has 1 unspecified atom stereocenters. The second-order valence-electron chi connectivity index (χ2n) is 5.90. The second-order valence-corrected chi connectivity index (χ2v) is 5.90. The van der Waals surface area contributed by atoms with Gasteiger partial charge in [0, 0.05) is 25.2 Å². The van der Waals surface area contributed by atoms with E-state index in [2.05, 4.69) is 4.99 Å². The molecule has 0 saturated carbocycles. The first-order valence-electron chi connectivity index (χ1n) is 8.12. The van der Waals surface area contributed by atoms with Gasteiger partial charge in [0.15, 0.2) is 0 Å². The van der Waals surface area contributed by atoms with E-state index >= 15 is 0 Å². The fourth-order valence-corrected chi connectivity index (χ4v) is 2.49. The van der Waals surface area contributed by atoms with E-state index in [0.29, 0.717) is 12.6 Å². The van der Waals surface area contributed by atoms with E-state index in [1.54, 1.807) is 11.9 Å². The number of aliphatic imine (C=N–C) groups is 1. The molecule has 0 amide bonds. The van der Waals surface area contributed by atoms with Crippen molar-refractivity contribution in [2.45, 2.75) is 18.7 Å². The molecule has 0 bridgehead atoms. The van der Waals surface area contributed by atoms with Gasteiger partial charge in [-0.05, 0) is 18.6 Å². The third-order valence-electron chi connectivity index (χ3n) is 4.15. The lowest BCUT2D eigenvalue weighted by atomic mass is 9.84. The number of hydrogen-bond donors (Lipinski definition) is 1. The van der Waals surface area contributed by atoms with Crippen molar-refractivity contribution in [2.24, 2.45) is 4.99 Å². The van der Waals surface area contributed by atoms with E-state index in [1.807, 2.05) is 6.92 Å². The van der Waals surface area contributed by atoms with Gasteiger partial charge in [-0.15, -0.1) is 0 Å². The van der Waals surface area contributed by atoms with Gasteiger partial charge in [-0.2, -0.15) is 13.2 Å². The molecule has 0 aliphatic heterocycles. The highest BCUT2D eigenvalue weighted by atomic mass is 19.4. The van der Waals surface area contributed by atoms with Gasteiger partial charge < -0.3 is 14.7 Å². The maximum absolute atomic E-state index is 14.5. The van der Waals surface area contributed by atoms with Crippen molar-refractivity contribution in [2.75, 3.05) is 20.7 Å². The Kier molecular flexibility index (Phi) is 6.10. The number of aliphatic hydroxyl groups is 1. The molecular weight excluding hydrogens is 364 g/mol. The Balaban J connectivity index is 2.68. The van der Waals surface area contributed by atoms with Crippen molar-refractivity contribution in [1.29, 1.82) is 0 Å². The summed E-state index contributed by atoms with van der Waals surface area (Å²) in [5.41, 5.74) is -4.84. The molecule has 0 aromatic heterocycles. The number of halogens is 4. The van der Waals surface area contributed by atoms with Crippen molar-refractivity contribution in [3.8, 4) is 5.75 Å². The maximum atomic E-state index is 14.5. The Bertz CT molecular complexity index is 809. The van der Waals surface area contributed by atoms with Crippen molar-refractivity contribution in [3.63, 3.8) is 0 Å². The number of rotatable bonds is 6.